The zero-order chi connectivity index (χ0) is 22.7. The van der Waals surface area contributed by atoms with Crippen molar-refractivity contribution in [1.82, 2.24) is 0 Å². The number of aryl methyl sites for hydroxylation is 1. The second-order valence-corrected chi connectivity index (χ2v) is 9.81. The second kappa shape index (κ2) is 12.8. The lowest BCUT2D eigenvalue weighted by molar-refractivity contribution is 0.218. The number of nitriles is 1. The van der Waals surface area contributed by atoms with E-state index in [1.807, 2.05) is 0 Å². The van der Waals surface area contributed by atoms with Gasteiger partial charge in [0.15, 0.2) is 0 Å². The lowest BCUT2D eigenvalue weighted by atomic mass is 9.66. The lowest BCUT2D eigenvalue weighted by Gasteiger charge is -2.36. The highest BCUT2D eigenvalue weighted by Crippen LogP contribution is 2.46. The van der Waals surface area contributed by atoms with Crippen LogP contribution in [-0.4, -0.2) is 11.7 Å². The van der Waals surface area contributed by atoms with Crippen LogP contribution in [0.4, 0.5) is 0 Å². The molecule has 1 aliphatic carbocycles. The van der Waals surface area contributed by atoms with Gasteiger partial charge in [0.05, 0.1) is 11.5 Å². The number of benzene rings is 2. The minimum absolute atomic E-state index is 0.130. The number of hydrogen-bond donors (Lipinski definition) is 1. The number of hydrogen-bond acceptors (Lipinski definition) is 2. The Balaban J connectivity index is 1.52. The molecule has 2 unspecified atom stereocenters. The molecule has 0 aromatic heterocycles. The molecule has 0 aliphatic heterocycles. The van der Waals surface area contributed by atoms with Crippen molar-refractivity contribution in [1.29, 1.82) is 5.26 Å². The van der Waals surface area contributed by atoms with Gasteiger partial charge in [0.2, 0.25) is 0 Å². The first-order valence-corrected chi connectivity index (χ1v) is 12.9. The van der Waals surface area contributed by atoms with E-state index in [4.69, 9.17) is 5.11 Å². The van der Waals surface area contributed by atoms with Crippen LogP contribution >= 0.6 is 0 Å². The summed E-state index contributed by atoms with van der Waals surface area (Å²) in [5.74, 6) is 0.512. The Labute approximate surface area is 195 Å². The smallest absolute Gasteiger partial charge is 0.0689 e. The summed E-state index contributed by atoms with van der Waals surface area (Å²) >= 11 is 0. The number of rotatable bonds is 12. The van der Waals surface area contributed by atoms with Crippen molar-refractivity contribution >= 4 is 0 Å². The number of aliphatic hydroxyl groups is 1. The average molecular weight is 432 g/mol. The second-order valence-electron chi connectivity index (χ2n) is 9.81. The topological polar surface area (TPSA) is 44.0 Å². The van der Waals surface area contributed by atoms with Crippen LogP contribution in [-0.2, 0) is 6.42 Å². The lowest BCUT2D eigenvalue weighted by Crippen LogP contribution is -2.26. The molecule has 0 bridgehead atoms. The molecule has 2 atom stereocenters. The fourth-order valence-corrected chi connectivity index (χ4v) is 5.37. The maximum absolute atomic E-state index is 10.1. The predicted octanol–water partition coefficient (Wildman–Crippen LogP) is 8.20. The van der Waals surface area contributed by atoms with Crippen molar-refractivity contribution in [3.8, 4) is 17.2 Å². The van der Waals surface area contributed by atoms with E-state index in [0.717, 1.165) is 38.5 Å². The Bertz CT molecular complexity index is 833. The summed E-state index contributed by atoms with van der Waals surface area (Å²) in [6.45, 7) is 2.51. The molecule has 1 saturated carbocycles. The van der Waals surface area contributed by atoms with E-state index in [2.05, 4.69) is 61.5 Å². The molecular weight excluding hydrogens is 390 g/mol. The zero-order valence-corrected chi connectivity index (χ0v) is 20.0. The van der Waals surface area contributed by atoms with Gasteiger partial charge in [-0.2, -0.15) is 5.26 Å². The maximum Gasteiger partial charge on any atom is 0.0689 e. The monoisotopic (exact) mass is 431 g/mol. The van der Waals surface area contributed by atoms with Crippen molar-refractivity contribution in [2.24, 2.45) is 5.41 Å². The Morgan fingerprint density at radius 1 is 0.875 bits per heavy atom. The Morgan fingerprint density at radius 3 is 2.06 bits per heavy atom. The van der Waals surface area contributed by atoms with Gasteiger partial charge in [-0.1, -0.05) is 100 Å². The van der Waals surface area contributed by atoms with Gasteiger partial charge in [-0.3, -0.25) is 0 Å². The summed E-state index contributed by atoms with van der Waals surface area (Å²) in [6.07, 6.45) is 14.8. The van der Waals surface area contributed by atoms with E-state index in [0.29, 0.717) is 12.5 Å². The molecule has 32 heavy (non-hydrogen) atoms. The number of unbranched alkanes of at least 4 members (excludes halogenated alkanes) is 6. The van der Waals surface area contributed by atoms with Crippen LogP contribution in [0.25, 0.3) is 11.1 Å². The molecule has 0 heterocycles. The van der Waals surface area contributed by atoms with E-state index >= 15 is 0 Å². The van der Waals surface area contributed by atoms with Crippen molar-refractivity contribution in [2.45, 2.75) is 96.3 Å². The minimum Gasteiger partial charge on any atom is -0.396 e. The van der Waals surface area contributed by atoms with Crippen LogP contribution < -0.4 is 0 Å². The van der Waals surface area contributed by atoms with Crippen molar-refractivity contribution in [2.75, 3.05) is 6.61 Å². The standard InChI is InChI=1S/C30H41NO/c1-2-25-12-14-26(15-13-25)27-16-18-28(19-17-27)29-11-10-21-30(23-29,24-31)20-8-6-4-3-5-7-9-22-32/h12-19,29,32H,2-11,20-23H2,1H3. The minimum atomic E-state index is -0.130. The van der Waals surface area contributed by atoms with E-state index in [1.165, 1.54) is 67.2 Å². The van der Waals surface area contributed by atoms with Gasteiger partial charge in [-0.15, -0.1) is 0 Å². The summed E-state index contributed by atoms with van der Waals surface area (Å²) in [7, 11) is 0. The largest absolute Gasteiger partial charge is 0.396 e. The quantitative estimate of drug-likeness (QED) is 0.344. The highest BCUT2D eigenvalue weighted by Gasteiger charge is 2.36. The molecule has 3 rings (SSSR count). The summed E-state index contributed by atoms with van der Waals surface area (Å²) < 4.78 is 0. The normalized spacial score (nSPS) is 20.7. The van der Waals surface area contributed by atoms with E-state index < -0.39 is 0 Å². The molecule has 0 amide bonds. The summed E-state index contributed by atoms with van der Waals surface area (Å²) in [5, 5.41) is 18.9. The van der Waals surface area contributed by atoms with Gasteiger partial charge in [0.1, 0.15) is 0 Å². The predicted molar refractivity (Wildman–Crippen MR) is 135 cm³/mol. The van der Waals surface area contributed by atoms with Crippen molar-refractivity contribution in [3.05, 3.63) is 59.7 Å². The average Bonchev–Trinajstić information content (AvgIpc) is 2.86. The highest BCUT2D eigenvalue weighted by atomic mass is 16.2. The summed E-state index contributed by atoms with van der Waals surface area (Å²) in [6, 6.07) is 20.8. The first kappa shape index (κ1) is 24.5. The van der Waals surface area contributed by atoms with Gasteiger partial charge < -0.3 is 5.11 Å². The fourth-order valence-electron chi connectivity index (χ4n) is 5.37. The molecule has 0 spiro atoms. The van der Waals surface area contributed by atoms with Crippen LogP contribution in [0.1, 0.15) is 101 Å². The Hall–Kier alpha value is -2.11. The van der Waals surface area contributed by atoms with Gasteiger partial charge in [-0.05, 0) is 66.7 Å². The van der Waals surface area contributed by atoms with Gasteiger partial charge in [0, 0.05) is 6.61 Å². The highest BCUT2D eigenvalue weighted by molar-refractivity contribution is 5.64. The first-order chi connectivity index (χ1) is 15.7. The first-order valence-electron chi connectivity index (χ1n) is 12.9. The van der Waals surface area contributed by atoms with Gasteiger partial charge >= 0.3 is 0 Å². The molecule has 2 nitrogen and oxygen atoms in total. The third-order valence-electron chi connectivity index (χ3n) is 7.47. The van der Waals surface area contributed by atoms with Crippen molar-refractivity contribution < 1.29 is 5.11 Å². The van der Waals surface area contributed by atoms with Crippen LogP contribution in [0, 0.1) is 16.7 Å². The van der Waals surface area contributed by atoms with Gasteiger partial charge in [0.25, 0.3) is 0 Å². The van der Waals surface area contributed by atoms with Crippen LogP contribution in [0.15, 0.2) is 48.5 Å². The zero-order valence-electron chi connectivity index (χ0n) is 20.0. The summed E-state index contributed by atoms with van der Waals surface area (Å²) in [5.41, 5.74) is 5.20. The maximum atomic E-state index is 10.1. The number of aliphatic hydroxyl groups excluding tert-OH is 1. The van der Waals surface area contributed by atoms with E-state index in [9.17, 15) is 5.26 Å². The Morgan fingerprint density at radius 2 is 1.47 bits per heavy atom. The third-order valence-corrected chi connectivity index (χ3v) is 7.47. The van der Waals surface area contributed by atoms with E-state index in [1.54, 1.807) is 0 Å². The van der Waals surface area contributed by atoms with Gasteiger partial charge in [-0.25, -0.2) is 0 Å². The molecule has 2 aromatic rings. The molecule has 2 heteroatoms. The molecule has 1 fully saturated rings. The fraction of sp³-hybridized carbons (Fsp3) is 0.567. The van der Waals surface area contributed by atoms with Crippen LogP contribution in [0.3, 0.4) is 0 Å². The number of nitrogens with zero attached hydrogens (tertiary/aromatic N) is 1. The Kier molecular flexibility index (Phi) is 9.82. The molecule has 1 aliphatic rings. The molecular formula is C30H41NO. The van der Waals surface area contributed by atoms with Crippen LogP contribution in [0.2, 0.25) is 0 Å². The van der Waals surface area contributed by atoms with Crippen LogP contribution in [0.5, 0.6) is 0 Å². The molecule has 2 aromatic carbocycles. The summed E-state index contributed by atoms with van der Waals surface area (Å²) in [4.78, 5) is 0. The SMILES string of the molecule is CCc1ccc(-c2ccc(C3CCCC(C#N)(CCCCCCCCCO)C3)cc2)cc1. The molecule has 0 radical (unpaired) electrons. The molecule has 172 valence electrons. The van der Waals surface area contributed by atoms with Crippen molar-refractivity contribution in [3.63, 3.8) is 0 Å². The van der Waals surface area contributed by atoms with E-state index in [-0.39, 0.29) is 5.41 Å². The molecule has 0 saturated heterocycles. The third kappa shape index (κ3) is 6.94. The molecule has 1 N–H and O–H groups in total.